The van der Waals surface area contributed by atoms with Gasteiger partial charge in [-0.1, -0.05) is 6.07 Å². The molecule has 0 amide bonds. The zero-order chi connectivity index (χ0) is 23.2. The molecule has 1 aromatic carbocycles. The van der Waals surface area contributed by atoms with Crippen molar-refractivity contribution in [1.82, 2.24) is 29.0 Å². The van der Waals surface area contributed by atoms with Crippen molar-refractivity contribution in [1.29, 1.82) is 0 Å². The van der Waals surface area contributed by atoms with Crippen LogP contribution in [0.2, 0.25) is 0 Å². The molecule has 0 atom stereocenters. The molecule has 1 fully saturated rings. The Bertz CT molecular complexity index is 1450. The molecule has 0 aliphatic carbocycles. The Morgan fingerprint density at radius 2 is 1.71 bits per heavy atom. The Kier molecular flexibility index (Phi) is 4.91. The van der Waals surface area contributed by atoms with Crippen LogP contribution in [0.1, 0.15) is 0 Å². The number of nitrogen functional groups attached to an aromatic ring is 1. The van der Waals surface area contributed by atoms with Gasteiger partial charge in [0, 0.05) is 45.5 Å². The summed E-state index contributed by atoms with van der Waals surface area (Å²) < 4.78 is 37.2. The van der Waals surface area contributed by atoms with Crippen molar-refractivity contribution in [3.8, 4) is 11.6 Å². The summed E-state index contributed by atoms with van der Waals surface area (Å²) in [6.45, 7) is 4.01. The maximum absolute atomic E-state index is 14.1. The van der Waals surface area contributed by atoms with Crippen molar-refractivity contribution >= 4 is 28.3 Å². The van der Waals surface area contributed by atoms with Crippen LogP contribution in [-0.2, 0) is 6.54 Å². The van der Waals surface area contributed by atoms with Gasteiger partial charge in [0.05, 0.1) is 11.6 Å². The number of aromatic nitrogens is 5. The zero-order valence-electron chi connectivity index (χ0n) is 18.2. The van der Waals surface area contributed by atoms with E-state index >= 15 is 0 Å². The van der Waals surface area contributed by atoms with Crippen molar-refractivity contribution in [3.05, 3.63) is 60.5 Å². The number of benzene rings is 1. The highest BCUT2D eigenvalue weighted by atomic mass is 19.1. The molecule has 1 aliphatic heterocycles. The van der Waals surface area contributed by atoms with Crippen LogP contribution in [0.3, 0.4) is 0 Å². The van der Waals surface area contributed by atoms with Crippen LogP contribution in [0.4, 0.5) is 20.4 Å². The molecule has 174 valence electrons. The van der Waals surface area contributed by atoms with Gasteiger partial charge >= 0.3 is 0 Å². The van der Waals surface area contributed by atoms with E-state index in [0.717, 1.165) is 17.6 Å². The molecular formula is C23H22F2N8O. The molecule has 0 saturated carbocycles. The molecule has 0 bridgehead atoms. The number of nitrogens with two attached hydrogens (primary N) is 1. The SMILES string of the molecule is Nc1nc2c(ccn2CCN2CCN(c3c(F)cccc3F)CC2)c2nc(-c3ccco3)nn12. The molecule has 0 radical (unpaired) electrons. The first-order valence-corrected chi connectivity index (χ1v) is 11.0. The van der Waals surface area contributed by atoms with E-state index in [0.29, 0.717) is 50.0 Å². The number of anilines is 2. The van der Waals surface area contributed by atoms with Gasteiger partial charge in [0.25, 0.3) is 0 Å². The van der Waals surface area contributed by atoms with Crippen LogP contribution in [-0.4, -0.2) is 61.8 Å². The van der Waals surface area contributed by atoms with Gasteiger partial charge < -0.3 is 19.6 Å². The summed E-state index contributed by atoms with van der Waals surface area (Å²) in [6, 6.07) is 9.51. The van der Waals surface area contributed by atoms with Crippen LogP contribution < -0.4 is 10.6 Å². The highest BCUT2D eigenvalue weighted by Crippen LogP contribution is 2.26. The molecular weight excluding hydrogens is 442 g/mol. The quantitative estimate of drug-likeness (QED) is 0.427. The van der Waals surface area contributed by atoms with E-state index in [2.05, 4.69) is 20.0 Å². The molecule has 0 unspecified atom stereocenters. The molecule has 0 spiro atoms. The lowest BCUT2D eigenvalue weighted by Gasteiger charge is -2.36. The number of piperazine rings is 1. The summed E-state index contributed by atoms with van der Waals surface area (Å²) in [7, 11) is 0. The van der Waals surface area contributed by atoms with Crippen LogP contribution in [0.5, 0.6) is 0 Å². The first kappa shape index (κ1) is 20.6. The summed E-state index contributed by atoms with van der Waals surface area (Å²) in [5.74, 6) is 0.207. The second kappa shape index (κ2) is 8.10. The lowest BCUT2D eigenvalue weighted by atomic mass is 10.2. The largest absolute Gasteiger partial charge is 0.461 e. The fourth-order valence-corrected chi connectivity index (χ4v) is 4.49. The maximum atomic E-state index is 14.1. The van der Waals surface area contributed by atoms with E-state index in [1.807, 2.05) is 16.8 Å². The minimum Gasteiger partial charge on any atom is -0.461 e. The van der Waals surface area contributed by atoms with Gasteiger partial charge in [0.15, 0.2) is 11.4 Å². The van der Waals surface area contributed by atoms with Gasteiger partial charge in [-0.05, 0) is 30.3 Å². The number of nitrogens with zero attached hydrogens (tertiary/aromatic N) is 7. The normalized spacial score (nSPS) is 15.1. The minimum absolute atomic E-state index is 0.0597. The summed E-state index contributed by atoms with van der Waals surface area (Å²) in [5, 5.41) is 5.27. The lowest BCUT2D eigenvalue weighted by molar-refractivity contribution is 0.248. The molecule has 2 N–H and O–H groups in total. The predicted molar refractivity (Wildman–Crippen MR) is 123 cm³/mol. The first-order chi connectivity index (χ1) is 16.6. The molecule has 34 heavy (non-hydrogen) atoms. The third-order valence-corrected chi connectivity index (χ3v) is 6.24. The van der Waals surface area contributed by atoms with Crippen molar-refractivity contribution in [2.24, 2.45) is 0 Å². The van der Waals surface area contributed by atoms with Crippen LogP contribution >= 0.6 is 0 Å². The second-order valence-electron chi connectivity index (χ2n) is 8.26. The van der Waals surface area contributed by atoms with Gasteiger partial charge in [-0.2, -0.15) is 9.50 Å². The van der Waals surface area contributed by atoms with Crippen molar-refractivity contribution in [2.75, 3.05) is 43.4 Å². The van der Waals surface area contributed by atoms with Gasteiger partial charge in [-0.15, -0.1) is 5.10 Å². The fraction of sp³-hybridized carbons (Fsp3) is 0.261. The summed E-state index contributed by atoms with van der Waals surface area (Å²) in [5.41, 5.74) is 7.59. The van der Waals surface area contributed by atoms with E-state index < -0.39 is 11.6 Å². The number of fused-ring (bicyclic) bond motifs is 3. The second-order valence-corrected chi connectivity index (χ2v) is 8.26. The number of para-hydroxylation sites is 1. The average molecular weight is 464 g/mol. The summed E-state index contributed by atoms with van der Waals surface area (Å²) in [6.07, 6.45) is 3.53. The number of halogens is 2. The Morgan fingerprint density at radius 3 is 2.44 bits per heavy atom. The van der Waals surface area contributed by atoms with Crippen LogP contribution in [0.25, 0.3) is 28.3 Å². The van der Waals surface area contributed by atoms with Crippen molar-refractivity contribution in [3.63, 3.8) is 0 Å². The predicted octanol–water partition coefficient (Wildman–Crippen LogP) is 3.02. The topological polar surface area (TPSA) is 93.6 Å². The monoisotopic (exact) mass is 464 g/mol. The lowest BCUT2D eigenvalue weighted by Crippen LogP contribution is -2.47. The maximum Gasteiger partial charge on any atom is 0.225 e. The van der Waals surface area contributed by atoms with Crippen LogP contribution in [0, 0.1) is 11.6 Å². The van der Waals surface area contributed by atoms with Crippen LogP contribution in [0.15, 0.2) is 53.3 Å². The Labute approximate surface area is 193 Å². The smallest absolute Gasteiger partial charge is 0.225 e. The number of rotatable bonds is 5. The Hall–Kier alpha value is -3.99. The van der Waals surface area contributed by atoms with Crippen molar-refractivity contribution < 1.29 is 13.2 Å². The standard InChI is InChI=1S/C23H22F2N8O/c24-16-3-1-4-17(25)19(16)31-11-8-30(9-12-31)10-13-32-7-6-15-21(32)28-23(26)33-22(15)27-20(29-33)18-5-2-14-34-18/h1-7,14H,8-13H2,(H2,26,28). The summed E-state index contributed by atoms with van der Waals surface area (Å²) in [4.78, 5) is 13.2. The molecule has 4 aromatic heterocycles. The third kappa shape index (κ3) is 3.45. The molecule has 6 rings (SSSR count). The van der Waals surface area contributed by atoms with Crippen molar-refractivity contribution in [2.45, 2.75) is 6.54 Å². The Morgan fingerprint density at radius 1 is 0.912 bits per heavy atom. The highest BCUT2D eigenvalue weighted by Gasteiger charge is 2.22. The van der Waals surface area contributed by atoms with E-state index in [4.69, 9.17) is 10.2 Å². The van der Waals surface area contributed by atoms with Gasteiger partial charge in [0.2, 0.25) is 11.8 Å². The molecule has 1 saturated heterocycles. The number of furan rings is 1. The van der Waals surface area contributed by atoms with Gasteiger partial charge in [-0.25, -0.2) is 13.8 Å². The van der Waals surface area contributed by atoms with E-state index in [1.54, 1.807) is 23.3 Å². The molecule has 1 aliphatic rings. The average Bonchev–Trinajstić information content (AvgIpc) is 3.58. The van der Waals surface area contributed by atoms with E-state index in [1.165, 1.54) is 22.7 Å². The first-order valence-electron chi connectivity index (χ1n) is 11.0. The molecule has 11 heteroatoms. The third-order valence-electron chi connectivity index (χ3n) is 6.24. The molecule has 5 heterocycles. The Balaban J connectivity index is 1.18. The number of hydrogen-bond acceptors (Lipinski definition) is 7. The van der Waals surface area contributed by atoms with Gasteiger partial charge in [-0.3, -0.25) is 4.90 Å². The molecule has 9 nitrogen and oxygen atoms in total. The highest BCUT2D eigenvalue weighted by molar-refractivity contribution is 5.91. The fourth-order valence-electron chi connectivity index (χ4n) is 4.49. The minimum atomic E-state index is -0.522. The number of hydrogen-bond donors (Lipinski definition) is 1. The van der Waals surface area contributed by atoms with E-state index in [9.17, 15) is 8.78 Å². The summed E-state index contributed by atoms with van der Waals surface area (Å²) >= 11 is 0. The van der Waals surface area contributed by atoms with E-state index in [-0.39, 0.29) is 11.6 Å². The van der Waals surface area contributed by atoms with Gasteiger partial charge in [0.1, 0.15) is 23.0 Å². The zero-order valence-corrected chi connectivity index (χ0v) is 18.2. The molecule has 5 aromatic rings.